The third-order valence-corrected chi connectivity index (χ3v) is 10.5. The van der Waals surface area contributed by atoms with Gasteiger partial charge in [-0.05, 0) is 64.3 Å². The van der Waals surface area contributed by atoms with Crippen molar-refractivity contribution in [2.24, 2.45) is 0 Å². The van der Waals surface area contributed by atoms with Crippen LogP contribution in [0.5, 0.6) is 5.75 Å². The van der Waals surface area contributed by atoms with Crippen LogP contribution in [0.1, 0.15) is 135 Å². The summed E-state index contributed by atoms with van der Waals surface area (Å²) in [5.41, 5.74) is 5.79. The van der Waals surface area contributed by atoms with Crippen LogP contribution in [-0.2, 0) is 25.5 Å². The molecule has 2 heterocycles. The Balaban J connectivity index is 1.59. The number of aromatic amines is 1. The number of H-pyrrole nitrogens is 1. The molecule has 3 aromatic rings. The van der Waals surface area contributed by atoms with Crippen LogP contribution in [-0.4, -0.2) is 47.5 Å². The number of methoxy groups -OCH3 is 1. The van der Waals surface area contributed by atoms with Crippen molar-refractivity contribution in [3.63, 3.8) is 0 Å². The molecule has 52 heavy (non-hydrogen) atoms. The number of nitrogens with one attached hydrogen (secondary N) is 2. The summed E-state index contributed by atoms with van der Waals surface area (Å²) in [4.78, 5) is 35.8. The van der Waals surface area contributed by atoms with Crippen molar-refractivity contribution in [3.05, 3.63) is 76.1 Å². The average Bonchev–Trinajstić information content (AvgIpc) is 3.55. The highest BCUT2D eigenvalue weighted by atomic mass is 32.2. The van der Waals surface area contributed by atoms with Crippen LogP contribution in [0.15, 0.2) is 70.2 Å². The van der Waals surface area contributed by atoms with Crippen LogP contribution in [0.25, 0.3) is 11.0 Å². The summed E-state index contributed by atoms with van der Waals surface area (Å²) >= 11 is 1.49. The van der Waals surface area contributed by atoms with Gasteiger partial charge in [-0.2, -0.15) is 0 Å². The molecule has 1 aromatic heterocycles. The number of para-hydroxylation sites is 2. The van der Waals surface area contributed by atoms with E-state index in [9.17, 15) is 9.59 Å². The summed E-state index contributed by atoms with van der Waals surface area (Å²) in [6.07, 6.45) is 17.4. The lowest BCUT2D eigenvalue weighted by atomic mass is 9.77. The van der Waals surface area contributed by atoms with Gasteiger partial charge < -0.3 is 24.5 Å². The number of hydrogen-bond donors (Lipinski definition) is 2. The van der Waals surface area contributed by atoms with Crippen molar-refractivity contribution < 1.29 is 23.8 Å². The van der Waals surface area contributed by atoms with Crippen molar-refractivity contribution in [2.45, 2.75) is 142 Å². The molecule has 2 aromatic carbocycles. The fourth-order valence-corrected chi connectivity index (χ4v) is 7.95. The minimum atomic E-state index is -0.744. The number of carbonyl (C=O) groups is 2. The van der Waals surface area contributed by atoms with Crippen molar-refractivity contribution >= 4 is 34.7 Å². The molecule has 0 saturated heterocycles. The van der Waals surface area contributed by atoms with E-state index in [4.69, 9.17) is 19.2 Å². The predicted molar refractivity (Wildman–Crippen MR) is 213 cm³/mol. The highest BCUT2D eigenvalue weighted by Gasteiger charge is 2.41. The van der Waals surface area contributed by atoms with E-state index >= 15 is 0 Å². The van der Waals surface area contributed by atoms with E-state index in [0.29, 0.717) is 34.0 Å². The van der Waals surface area contributed by atoms with Gasteiger partial charge in [0.2, 0.25) is 0 Å². The Morgan fingerprint density at radius 3 is 2.10 bits per heavy atom. The van der Waals surface area contributed by atoms with Gasteiger partial charge in [0, 0.05) is 22.7 Å². The van der Waals surface area contributed by atoms with E-state index in [1.165, 1.54) is 89.5 Å². The first kappa shape index (κ1) is 41.0. The third kappa shape index (κ3) is 11.6. The lowest BCUT2D eigenvalue weighted by Gasteiger charge is -2.33. The molecule has 1 aliphatic heterocycles. The van der Waals surface area contributed by atoms with Gasteiger partial charge in [-0.25, -0.2) is 14.6 Å². The Morgan fingerprint density at radius 2 is 1.48 bits per heavy atom. The molecule has 0 amide bonds. The van der Waals surface area contributed by atoms with E-state index < -0.39 is 17.9 Å². The Kier molecular flexibility index (Phi) is 17.1. The molecule has 0 bridgehead atoms. The first-order valence-corrected chi connectivity index (χ1v) is 20.6. The van der Waals surface area contributed by atoms with Gasteiger partial charge in [-0.15, -0.1) is 0 Å². The number of hydrogen-bond acceptors (Lipinski definition) is 8. The smallest absolute Gasteiger partial charge is 0.336 e. The predicted octanol–water partition coefficient (Wildman–Crippen LogP) is 10.7. The number of aryl methyl sites for hydroxylation is 1. The van der Waals surface area contributed by atoms with Crippen molar-refractivity contribution in [1.29, 1.82) is 0 Å². The van der Waals surface area contributed by atoms with Gasteiger partial charge >= 0.3 is 11.9 Å². The summed E-state index contributed by atoms with van der Waals surface area (Å²) in [7, 11) is 1.39. The molecule has 284 valence electrons. The number of dihydropyridines is 1. The van der Waals surface area contributed by atoms with Gasteiger partial charge in [-0.3, -0.25) is 0 Å². The Hall–Kier alpha value is -3.72. The minimum Gasteiger partial charge on any atom is -0.491 e. The summed E-state index contributed by atoms with van der Waals surface area (Å²) in [6.45, 7) is 10.1. The zero-order chi connectivity index (χ0) is 37.3. The second kappa shape index (κ2) is 21.7. The second-order valence-electron chi connectivity index (χ2n) is 14.0. The van der Waals surface area contributed by atoms with Crippen molar-refractivity contribution in [3.8, 4) is 5.75 Å². The highest BCUT2D eigenvalue weighted by Crippen LogP contribution is 2.46. The van der Waals surface area contributed by atoms with Crippen molar-refractivity contribution in [1.82, 2.24) is 15.3 Å². The third-order valence-electron chi connectivity index (χ3n) is 9.62. The quantitative estimate of drug-likeness (QED) is 0.0564. The van der Waals surface area contributed by atoms with Crippen LogP contribution in [0, 0.1) is 0 Å². The molecular formula is C43H61N3O5S. The number of thioether (sulfide) groups is 1. The average molecular weight is 732 g/mol. The number of esters is 2. The molecule has 0 radical (unpaired) electrons. The van der Waals surface area contributed by atoms with Crippen molar-refractivity contribution in [2.75, 3.05) is 19.5 Å². The number of ether oxygens (including phenoxy) is 3. The monoisotopic (exact) mass is 731 g/mol. The van der Waals surface area contributed by atoms with Crippen LogP contribution in [0.3, 0.4) is 0 Å². The highest BCUT2D eigenvalue weighted by molar-refractivity contribution is 7.99. The summed E-state index contributed by atoms with van der Waals surface area (Å²) < 4.78 is 17.5. The molecule has 1 atom stereocenters. The number of aromatic nitrogens is 2. The lowest BCUT2D eigenvalue weighted by Crippen LogP contribution is -2.34. The summed E-state index contributed by atoms with van der Waals surface area (Å²) in [5.74, 6) is -0.650. The van der Waals surface area contributed by atoms with Gasteiger partial charge in [-0.1, -0.05) is 120 Å². The molecule has 9 heteroatoms. The first-order valence-electron chi connectivity index (χ1n) is 19.6. The first-order chi connectivity index (χ1) is 25.3. The van der Waals surface area contributed by atoms with Crippen LogP contribution < -0.4 is 10.1 Å². The number of imidazole rings is 1. The maximum Gasteiger partial charge on any atom is 0.336 e. The number of nitrogens with zero attached hydrogens (tertiary/aromatic N) is 1. The molecule has 4 rings (SSSR count). The molecule has 0 fully saturated rings. The molecule has 0 aliphatic carbocycles. The molecule has 0 saturated carbocycles. The van der Waals surface area contributed by atoms with E-state index in [-0.39, 0.29) is 12.7 Å². The minimum absolute atomic E-state index is 0.114. The van der Waals surface area contributed by atoms with Gasteiger partial charge in [0.1, 0.15) is 5.75 Å². The zero-order valence-corrected chi connectivity index (χ0v) is 33.2. The zero-order valence-electron chi connectivity index (χ0n) is 32.4. The number of fused-ring (bicyclic) bond motifs is 1. The Labute approximate surface area is 315 Å². The standard InChI is InChI=1S/C43H61N3O5S/c1-7-9-10-11-12-13-14-15-16-17-18-19-20-24-32-25-23-28-36(51-30(3)4)38(32)40-37(42(48)50-8-2)31(5)44-35(39(40)41(47)49-6)29-52-43-45-33-26-21-22-27-34(33)46-43/h21-23,25-28,30,40,44H,7-20,24,29H2,1-6H3,(H,45,46). The number of rotatable bonds is 23. The van der Waals surface area contributed by atoms with E-state index in [1.807, 2.05) is 57.2 Å². The fourth-order valence-electron chi connectivity index (χ4n) is 7.09. The van der Waals surface area contributed by atoms with Gasteiger partial charge in [0.15, 0.2) is 5.16 Å². The Bertz CT molecular complexity index is 1630. The summed E-state index contributed by atoms with van der Waals surface area (Å²) in [5, 5.41) is 4.14. The second-order valence-corrected chi connectivity index (χ2v) is 15.0. The van der Waals surface area contributed by atoms with E-state index in [0.717, 1.165) is 46.6 Å². The van der Waals surface area contributed by atoms with Crippen LogP contribution >= 0.6 is 11.8 Å². The Morgan fingerprint density at radius 1 is 0.827 bits per heavy atom. The van der Waals surface area contributed by atoms with Gasteiger partial charge in [0.05, 0.1) is 47.9 Å². The van der Waals surface area contributed by atoms with E-state index in [2.05, 4.69) is 23.3 Å². The normalized spacial score (nSPS) is 14.6. The topological polar surface area (TPSA) is 103 Å². The van der Waals surface area contributed by atoms with Crippen LogP contribution in [0.4, 0.5) is 0 Å². The molecule has 1 aliphatic rings. The number of unbranched alkanes of at least 4 members (excludes halogenated alkanes) is 12. The number of benzene rings is 2. The molecule has 2 N–H and O–H groups in total. The fraction of sp³-hybridized carbons (Fsp3) is 0.558. The maximum absolute atomic E-state index is 13.9. The van der Waals surface area contributed by atoms with Crippen LogP contribution in [0.2, 0.25) is 0 Å². The van der Waals surface area contributed by atoms with E-state index in [1.54, 1.807) is 6.92 Å². The largest absolute Gasteiger partial charge is 0.491 e. The number of carbonyl (C=O) groups excluding carboxylic acids is 2. The molecule has 8 nitrogen and oxygen atoms in total. The molecule has 0 spiro atoms. The SMILES string of the molecule is CCCCCCCCCCCCCCCc1cccc(OC(C)C)c1C1C(C(=O)OCC)=C(C)NC(CSc2nc3ccccc3[nH]2)=C1C(=O)OC. The van der Waals surface area contributed by atoms with Gasteiger partial charge in [0.25, 0.3) is 0 Å². The maximum atomic E-state index is 13.9. The molecular weight excluding hydrogens is 671 g/mol. The number of allylic oxidation sites excluding steroid dienone is 1. The summed E-state index contributed by atoms with van der Waals surface area (Å²) in [6, 6.07) is 14.0. The lowest BCUT2D eigenvalue weighted by molar-refractivity contribution is -0.139. The molecule has 1 unspecified atom stereocenters.